The van der Waals surface area contributed by atoms with Gasteiger partial charge in [-0.2, -0.15) is 0 Å². The van der Waals surface area contributed by atoms with E-state index in [0.717, 1.165) is 18.7 Å². The highest BCUT2D eigenvalue weighted by Gasteiger charge is 2.15. The lowest BCUT2D eigenvalue weighted by Crippen LogP contribution is -2.38. The smallest absolute Gasteiger partial charge is 0.238 e. The van der Waals surface area contributed by atoms with E-state index in [-0.39, 0.29) is 10.9 Å². The van der Waals surface area contributed by atoms with Crippen molar-refractivity contribution < 1.29 is 8.42 Å². The number of rotatable bonds is 6. The normalized spacial score (nSPS) is 16.0. The number of anilines is 1. The summed E-state index contributed by atoms with van der Waals surface area (Å²) in [5, 5.41) is 11.8. The minimum absolute atomic E-state index is 0.0690. The Labute approximate surface area is 173 Å². The zero-order valence-corrected chi connectivity index (χ0v) is 17.7. The lowest BCUT2D eigenvalue weighted by Gasteiger charge is -2.22. The number of sulfonamides is 1. The summed E-state index contributed by atoms with van der Waals surface area (Å²) in [5.74, 6) is 0.644. The second-order valence-corrected chi connectivity index (χ2v) is 8.83. The van der Waals surface area contributed by atoms with Crippen LogP contribution in [0.15, 0.2) is 58.4 Å². The third-order valence-electron chi connectivity index (χ3n) is 5.11. The number of nitrogens with two attached hydrogens (primary N) is 1. The Balaban J connectivity index is 1.62. The number of benzene rings is 2. The summed E-state index contributed by atoms with van der Waals surface area (Å²) in [6.07, 6.45) is 2.50. The van der Waals surface area contributed by atoms with Crippen LogP contribution >= 0.6 is 0 Å². The minimum Gasteiger partial charge on any atom is -0.372 e. The van der Waals surface area contributed by atoms with Gasteiger partial charge in [-0.15, -0.1) is 0 Å². The van der Waals surface area contributed by atoms with E-state index in [1.165, 1.54) is 30.2 Å². The molecule has 7 nitrogen and oxygen atoms in total. The Bertz CT molecular complexity index is 969. The van der Waals surface area contributed by atoms with Crippen LogP contribution in [-0.2, 0) is 16.6 Å². The molecule has 0 saturated carbocycles. The summed E-state index contributed by atoms with van der Waals surface area (Å²) in [6.45, 7) is 4.76. The van der Waals surface area contributed by atoms with Gasteiger partial charge in [0.05, 0.1) is 10.9 Å². The second kappa shape index (κ2) is 9.28. The van der Waals surface area contributed by atoms with Crippen molar-refractivity contribution in [1.29, 1.82) is 0 Å². The summed E-state index contributed by atoms with van der Waals surface area (Å²) in [7, 11) is -2.00. The SMILES string of the molecule is CN=C(NCc1cccc(S(N)(=O)=O)c1)NC(C)c1cccc(N2CCCC2)c1. The van der Waals surface area contributed by atoms with Crippen molar-refractivity contribution in [2.45, 2.75) is 37.2 Å². The van der Waals surface area contributed by atoms with Gasteiger partial charge in [0.2, 0.25) is 10.0 Å². The van der Waals surface area contributed by atoms with Gasteiger partial charge in [0.1, 0.15) is 0 Å². The van der Waals surface area contributed by atoms with Crippen molar-refractivity contribution in [3.8, 4) is 0 Å². The van der Waals surface area contributed by atoms with Crippen molar-refractivity contribution in [2.75, 3.05) is 25.0 Å². The molecule has 0 radical (unpaired) electrons. The van der Waals surface area contributed by atoms with Crippen LogP contribution in [0.1, 0.15) is 36.9 Å². The molecule has 2 aromatic rings. The molecule has 1 fully saturated rings. The molecule has 0 bridgehead atoms. The molecule has 1 saturated heterocycles. The standard InChI is InChI=1S/C21H29N5O2S/c1-16(18-8-6-9-19(14-18)26-11-3-4-12-26)25-21(23-2)24-15-17-7-5-10-20(13-17)29(22,27)28/h5-10,13-14,16H,3-4,11-12,15H2,1-2H3,(H2,22,27,28)(H2,23,24,25). The van der Waals surface area contributed by atoms with Crippen molar-refractivity contribution >= 4 is 21.7 Å². The van der Waals surface area contributed by atoms with E-state index in [1.807, 2.05) is 6.07 Å². The van der Waals surface area contributed by atoms with Crippen LogP contribution < -0.4 is 20.7 Å². The zero-order valence-electron chi connectivity index (χ0n) is 16.9. The predicted molar refractivity (Wildman–Crippen MR) is 117 cm³/mol. The van der Waals surface area contributed by atoms with Crippen LogP contribution in [0.2, 0.25) is 0 Å². The summed E-state index contributed by atoms with van der Waals surface area (Å²) in [4.78, 5) is 6.80. The summed E-state index contributed by atoms with van der Waals surface area (Å²) >= 11 is 0. The number of hydrogen-bond donors (Lipinski definition) is 3. The van der Waals surface area contributed by atoms with E-state index in [0.29, 0.717) is 12.5 Å². The first-order valence-corrected chi connectivity index (χ1v) is 11.4. The molecule has 1 unspecified atom stereocenters. The van der Waals surface area contributed by atoms with Crippen molar-refractivity contribution in [3.05, 3.63) is 59.7 Å². The van der Waals surface area contributed by atoms with Gasteiger partial charge in [-0.3, -0.25) is 4.99 Å². The molecule has 0 spiro atoms. The maximum atomic E-state index is 11.5. The predicted octanol–water partition coefficient (Wildman–Crippen LogP) is 2.36. The average molecular weight is 416 g/mol. The highest BCUT2D eigenvalue weighted by molar-refractivity contribution is 7.89. The second-order valence-electron chi connectivity index (χ2n) is 7.27. The number of guanidine groups is 1. The Kier molecular flexibility index (Phi) is 6.76. The third kappa shape index (κ3) is 5.71. The van der Waals surface area contributed by atoms with E-state index in [1.54, 1.807) is 19.2 Å². The maximum Gasteiger partial charge on any atom is 0.238 e. The number of primary sulfonamides is 1. The summed E-state index contributed by atoms with van der Waals surface area (Å²) < 4.78 is 23.0. The average Bonchev–Trinajstić information content (AvgIpc) is 3.25. The number of nitrogens with one attached hydrogen (secondary N) is 2. The molecule has 1 heterocycles. The Morgan fingerprint density at radius 1 is 1.17 bits per heavy atom. The van der Waals surface area contributed by atoms with Gasteiger partial charge in [0, 0.05) is 32.4 Å². The van der Waals surface area contributed by atoms with Gasteiger partial charge >= 0.3 is 0 Å². The van der Waals surface area contributed by atoms with Gasteiger partial charge in [0.25, 0.3) is 0 Å². The maximum absolute atomic E-state index is 11.5. The highest BCUT2D eigenvalue weighted by atomic mass is 32.2. The van der Waals surface area contributed by atoms with Crippen LogP contribution in [0, 0.1) is 0 Å². The molecule has 1 atom stereocenters. The van der Waals surface area contributed by atoms with E-state index < -0.39 is 10.0 Å². The number of nitrogens with zero attached hydrogens (tertiary/aromatic N) is 2. The van der Waals surface area contributed by atoms with Crippen molar-refractivity contribution in [3.63, 3.8) is 0 Å². The quantitative estimate of drug-likeness (QED) is 0.497. The van der Waals surface area contributed by atoms with Crippen molar-refractivity contribution in [1.82, 2.24) is 10.6 Å². The van der Waals surface area contributed by atoms with E-state index in [4.69, 9.17) is 5.14 Å². The monoisotopic (exact) mass is 415 g/mol. The molecule has 4 N–H and O–H groups in total. The van der Waals surface area contributed by atoms with Gasteiger partial charge in [-0.1, -0.05) is 24.3 Å². The molecule has 1 aliphatic rings. The lowest BCUT2D eigenvalue weighted by atomic mass is 10.1. The van der Waals surface area contributed by atoms with E-state index in [2.05, 4.69) is 51.7 Å². The lowest BCUT2D eigenvalue weighted by molar-refractivity contribution is 0.597. The van der Waals surface area contributed by atoms with Gasteiger partial charge in [-0.05, 0) is 55.2 Å². The Morgan fingerprint density at radius 2 is 1.90 bits per heavy atom. The van der Waals surface area contributed by atoms with Gasteiger partial charge in [-0.25, -0.2) is 13.6 Å². The summed E-state index contributed by atoms with van der Waals surface area (Å²) in [5.41, 5.74) is 3.26. The summed E-state index contributed by atoms with van der Waals surface area (Å²) in [6, 6.07) is 15.2. The van der Waals surface area contributed by atoms with Crippen LogP contribution in [0.25, 0.3) is 0 Å². The first kappa shape index (κ1) is 21.1. The van der Waals surface area contributed by atoms with Gasteiger partial charge in [0.15, 0.2) is 5.96 Å². The fraction of sp³-hybridized carbons (Fsp3) is 0.381. The Morgan fingerprint density at radius 3 is 2.59 bits per heavy atom. The highest BCUT2D eigenvalue weighted by Crippen LogP contribution is 2.24. The Hall–Kier alpha value is -2.58. The first-order chi connectivity index (χ1) is 13.9. The number of hydrogen-bond acceptors (Lipinski definition) is 4. The molecule has 8 heteroatoms. The van der Waals surface area contributed by atoms with Crippen LogP contribution in [0.4, 0.5) is 5.69 Å². The van der Waals surface area contributed by atoms with Crippen LogP contribution in [-0.4, -0.2) is 34.5 Å². The van der Waals surface area contributed by atoms with Crippen LogP contribution in [0.5, 0.6) is 0 Å². The molecule has 0 aliphatic carbocycles. The molecular formula is C21H29N5O2S. The largest absolute Gasteiger partial charge is 0.372 e. The fourth-order valence-corrected chi connectivity index (χ4v) is 4.05. The molecular weight excluding hydrogens is 386 g/mol. The van der Waals surface area contributed by atoms with Crippen molar-refractivity contribution in [2.24, 2.45) is 10.1 Å². The van der Waals surface area contributed by atoms with Crippen LogP contribution in [0.3, 0.4) is 0 Å². The molecule has 0 amide bonds. The molecule has 156 valence electrons. The molecule has 1 aliphatic heterocycles. The number of aliphatic imine (C=N–C) groups is 1. The van der Waals surface area contributed by atoms with E-state index in [9.17, 15) is 8.42 Å². The third-order valence-corrected chi connectivity index (χ3v) is 6.02. The molecule has 3 rings (SSSR count). The van der Waals surface area contributed by atoms with Gasteiger partial charge < -0.3 is 15.5 Å². The topological polar surface area (TPSA) is 99.8 Å². The molecule has 2 aromatic carbocycles. The minimum atomic E-state index is -3.71. The first-order valence-electron chi connectivity index (χ1n) is 9.80. The van der Waals surface area contributed by atoms with E-state index >= 15 is 0 Å². The molecule has 29 heavy (non-hydrogen) atoms. The zero-order chi connectivity index (χ0) is 20.9. The fourth-order valence-electron chi connectivity index (χ4n) is 3.47. The molecule has 0 aromatic heterocycles.